The van der Waals surface area contributed by atoms with E-state index in [1.807, 2.05) is 60.1 Å². The summed E-state index contributed by atoms with van der Waals surface area (Å²) in [5.74, 6) is 0. The van der Waals surface area contributed by atoms with Gasteiger partial charge in [-0.15, -0.1) is 4.91 Å². The summed E-state index contributed by atoms with van der Waals surface area (Å²) in [4.78, 5) is 11.3. The number of hydrogen-bond acceptors (Lipinski definition) is 2. The van der Waals surface area contributed by atoms with Gasteiger partial charge in [0.2, 0.25) is 0 Å². The number of fused-ring (bicyclic) bond motifs is 1. The molecule has 0 saturated carbocycles. The molecule has 0 bridgehead atoms. The first-order chi connectivity index (χ1) is 9.24. The van der Waals surface area contributed by atoms with Gasteiger partial charge in [0.25, 0.3) is 0 Å². The van der Waals surface area contributed by atoms with E-state index in [1.54, 1.807) is 0 Å². The van der Waals surface area contributed by atoms with Gasteiger partial charge in [0.05, 0.1) is 11.2 Å². The zero-order valence-electron chi connectivity index (χ0n) is 10.3. The maximum atomic E-state index is 11.3. The second-order valence-corrected chi connectivity index (χ2v) is 5.20. The van der Waals surface area contributed by atoms with Gasteiger partial charge in [0.15, 0.2) is 0 Å². The minimum absolute atomic E-state index is 0.491. The normalized spacial score (nSPS) is 10.8. The van der Waals surface area contributed by atoms with Crippen molar-refractivity contribution in [1.82, 2.24) is 4.57 Å². The van der Waals surface area contributed by atoms with E-state index in [-0.39, 0.29) is 0 Å². The predicted octanol–water partition coefficient (Wildman–Crippen LogP) is 5.01. The third-order valence-corrected chi connectivity index (χ3v) is 3.99. The number of halogens is 1. The van der Waals surface area contributed by atoms with Crippen LogP contribution in [0.2, 0.25) is 0 Å². The average Bonchev–Trinajstić information content (AvgIpc) is 2.73. The molecule has 3 nitrogen and oxygen atoms in total. The highest BCUT2D eigenvalue weighted by Gasteiger charge is 2.18. The van der Waals surface area contributed by atoms with Crippen LogP contribution in [0.3, 0.4) is 0 Å². The first-order valence-electron chi connectivity index (χ1n) is 5.89. The number of aromatic nitrogens is 1. The number of rotatable bonds is 2. The molecule has 0 saturated heterocycles. The summed E-state index contributed by atoms with van der Waals surface area (Å²) in [7, 11) is 1.95. The van der Waals surface area contributed by atoms with Crippen molar-refractivity contribution in [2.24, 2.45) is 12.2 Å². The lowest BCUT2D eigenvalue weighted by Crippen LogP contribution is -1.91. The van der Waals surface area contributed by atoms with E-state index in [2.05, 4.69) is 21.1 Å². The summed E-state index contributed by atoms with van der Waals surface area (Å²) in [6.45, 7) is 0. The van der Waals surface area contributed by atoms with Crippen LogP contribution in [0.5, 0.6) is 0 Å². The Morgan fingerprint density at radius 1 is 1.05 bits per heavy atom. The van der Waals surface area contributed by atoms with Gasteiger partial charge in [-0.1, -0.05) is 52.3 Å². The summed E-state index contributed by atoms with van der Waals surface area (Å²) in [6.07, 6.45) is 0. The summed E-state index contributed by atoms with van der Waals surface area (Å²) >= 11 is 3.53. The Morgan fingerprint density at radius 3 is 2.47 bits per heavy atom. The Labute approximate surface area is 119 Å². The van der Waals surface area contributed by atoms with Gasteiger partial charge in [0, 0.05) is 22.5 Å². The molecular formula is C15H11BrN2O. The Hall–Kier alpha value is -1.94. The molecule has 0 aliphatic heterocycles. The fourth-order valence-electron chi connectivity index (χ4n) is 2.43. The summed E-state index contributed by atoms with van der Waals surface area (Å²) < 4.78 is 2.96. The smallest absolute Gasteiger partial charge is 0.141 e. The maximum Gasteiger partial charge on any atom is 0.141 e. The number of aryl methyl sites for hydroxylation is 1. The van der Waals surface area contributed by atoms with Gasteiger partial charge in [-0.2, -0.15) is 0 Å². The zero-order valence-corrected chi connectivity index (χ0v) is 11.9. The van der Waals surface area contributed by atoms with Crippen LogP contribution in [0.15, 0.2) is 58.2 Å². The molecule has 1 aromatic heterocycles. The molecule has 0 aliphatic rings. The predicted molar refractivity (Wildman–Crippen MR) is 81.5 cm³/mol. The molecule has 3 rings (SSSR count). The van der Waals surface area contributed by atoms with Crippen molar-refractivity contribution in [3.63, 3.8) is 0 Å². The molecule has 0 N–H and O–H groups in total. The molecule has 3 aromatic rings. The van der Waals surface area contributed by atoms with Crippen LogP contribution in [0, 0.1) is 4.91 Å². The molecule has 0 unspecified atom stereocenters. The van der Waals surface area contributed by atoms with Crippen LogP contribution in [0.25, 0.3) is 22.2 Å². The van der Waals surface area contributed by atoms with Crippen LogP contribution >= 0.6 is 15.9 Å². The van der Waals surface area contributed by atoms with Gasteiger partial charge in [-0.05, 0) is 17.3 Å². The highest BCUT2D eigenvalue weighted by Crippen LogP contribution is 2.41. The minimum Gasteiger partial charge on any atom is -0.342 e. The number of para-hydroxylation sites is 1. The molecule has 4 heteroatoms. The van der Waals surface area contributed by atoms with Gasteiger partial charge >= 0.3 is 0 Å². The van der Waals surface area contributed by atoms with Crippen LogP contribution in [0.1, 0.15) is 0 Å². The van der Waals surface area contributed by atoms with E-state index in [9.17, 15) is 4.91 Å². The van der Waals surface area contributed by atoms with Gasteiger partial charge in [-0.3, -0.25) is 0 Å². The monoisotopic (exact) mass is 314 g/mol. The number of hydrogen-bond donors (Lipinski definition) is 0. The Kier molecular flexibility index (Phi) is 2.95. The second-order valence-electron chi connectivity index (χ2n) is 4.34. The standard InChI is InChI=1S/C15H11BrN2O/c1-18-13-9-5-3-7-11(13)14(17-19)15(18)10-6-2-4-8-12(10)16/h2-9H,1H3. The summed E-state index contributed by atoms with van der Waals surface area (Å²) in [5.41, 5.74) is 3.30. The minimum atomic E-state index is 0.491. The van der Waals surface area contributed by atoms with Crippen LogP contribution < -0.4 is 0 Å². The molecule has 0 spiro atoms. The second kappa shape index (κ2) is 4.63. The number of benzene rings is 2. The molecule has 19 heavy (non-hydrogen) atoms. The summed E-state index contributed by atoms with van der Waals surface area (Å²) in [6, 6.07) is 15.6. The van der Waals surface area contributed by atoms with Crippen molar-refractivity contribution < 1.29 is 0 Å². The molecular weight excluding hydrogens is 304 g/mol. The number of nitroso groups, excluding NO2 is 1. The van der Waals surface area contributed by atoms with Crippen molar-refractivity contribution in [3.8, 4) is 11.3 Å². The largest absolute Gasteiger partial charge is 0.342 e. The van der Waals surface area contributed by atoms with Gasteiger partial charge < -0.3 is 4.57 Å². The molecule has 0 fully saturated rings. The highest BCUT2D eigenvalue weighted by molar-refractivity contribution is 9.10. The number of nitrogens with zero attached hydrogens (tertiary/aromatic N) is 2. The lowest BCUT2D eigenvalue weighted by Gasteiger charge is -2.07. The van der Waals surface area contributed by atoms with Crippen molar-refractivity contribution in [1.29, 1.82) is 0 Å². The van der Waals surface area contributed by atoms with Crippen molar-refractivity contribution in [3.05, 3.63) is 57.9 Å². The lowest BCUT2D eigenvalue weighted by atomic mass is 10.1. The van der Waals surface area contributed by atoms with E-state index >= 15 is 0 Å². The quantitative estimate of drug-likeness (QED) is 0.612. The first kappa shape index (κ1) is 12.1. The Morgan fingerprint density at radius 2 is 1.74 bits per heavy atom. The van der Waals surface area contributed by atoms with Gasteiger partial charge in [-0.25, -0.2) is 0 Å². The van der Waals surface area contributed by atoms with Gasteiger partial charge in [0.1, 0.15) is 5.69 Å². The lowest BCUT2D eigenvalue weighted by molar-refractivity contribution is 0.977. The Balaban J connectivity index is 2.45. The molecule has 0 atom stereocenters. The Bertz CT molecular complexity index is 777. The van der Waals surface area contributed by atoms with E-state index in [1.165, 1.54) is 0 Å². The van der Waals surface area contributed by atoms with Crippen molar-refractivity contribution in [2.75, 3.05) is 0 Å². The third kappa shape index (κ3) is 1.79. The first-order valence-corrected chi connectivity index (χ1v) is 6.69. The highest BCUT2D eigenvalue weighted by atomic mass is 79.9. The molecule has 0 aliphatic carbocycles. The van der Waals surface area contributed by atoms with Crippen LogP contribution in [0.4, 0.5) is 5.69 Å². The van der Waals surface area contributed by atoms with Crippen molar-refractivity contribution >= 4 is 32.5 Å². The van der Waals surface area contributed by atoms with Crippen molar-refractivity contribution in [2.45, 2.75) is 0 Å². The molecule has 1 heterocycles. The van der Waals surface area contributed by atoms with E-state index < -0.39 is 0 Å². The zero-order chi connectivity index (χ0) is 13.4. The molecule has 2 aromatic carbocycles. The summed E-state index contributed by atoms with van der Waals surface area (Å²) in [5, 5.41) is 4.13. The molecule has 94 valence electrons. The fourth-order valence-corrected chi connectivity index (χ4v) is 2.90. The topological polar surface area (TPSA) is 34.4 Å². The SMILES string of the molecule is Cn1c(-c2ccccc2Br)c(N=O)c2ccccc21. The average molecular weight is 315 g/mol. The third-order valence-electron chi connectivity index (χ3n) is 3.30. The molecule has 0 amide bonds. The van der Waals surface area contributed by atoms with Crippen LogP contribution in [-0.2, 0) is 7.05 Å². The van der Waals surface area contributed by atoms with E-state index in [4.69, 9.17) is 0 Å². The molecule has 0 radical (unpaired) electrons. The fraction of sp³-hybridized carbons (Fsp3) is 0.0667. The maximum absolute atomic E-state index is 11.3. The van der Waals surface area contributed by atoms with E-state index in [0.717, 1.165) is 26.6 Å². The van der Waals surface area contributed by atoms with E-state index in [0.29, 0.717) is 5.69 Å². The van der Waals surface area contributed by atoms with Crippen LogP contribution in [-0.4, -0.2) is 4.57 Å².